The summed E-state index contributed by atoms with van der Waals surface area (Å²) >= 11 is 0. The largest absolute Gasteiger partial charge is 0.507 e. The minimum absolute atomic E-state index is 0.0805. The van der Waals surface area contributed by atoms with Crippen molar-refractivity contribution >= 4 is 11.0 Å². The van der Waals surface area contributed by atoms with Crippen molar-refractivity contribution in [3.05, 3.63) is 46.6 Å². The Morgan fingerprint density at radius 3 is 2.19 bits per heavy atom. The van der Waals surface area contributed by atoms with Gasteiger partial charge in [0.1, 0.15) is 71.0 Å². The molecule has 0 spiro atoms. The van der Waals surface area contributed by atoms with Crippen molar-refractivity contribution in [2.75, 3.05) is 20.3 Å². The van der Waals surface area contributed by atoms with Crippen LogP contribution in [0.2, 0.25) is 0 Å². The summed E-state index contributed by atoms with van der Waals surface area (Å²) in [5, 5.41) is 80.8. The number of aliphatic hydroxyl groups is 6. The van der Waals surface area contributed by atoms with Crippen molar-refractivity contribution in [2.24, 2.45) is 0 Å². The topological polar surface area (TPSA) is 238 Å². The van der Waals surface area contributed by atoms with E-state index in [-0.39, 0.29) is 34.0 Å². The third-order valence-corrected chi connectivity index (χ3v) is 7.09. The van der Waals surface area contributed by atoms with E-state index in [4.69, 9.17) is 28.1 Å². The minimum Gasteiger partial charge on any atom is -0.507 e. The minimum atomic E-state index is -1.77. The average molecular weight is 595 g/mol. The van der Waals surface area contributed by atoms with E-state index in [9.17, 15) is 45.6 Å². The van der Waals surface area contributed by atoms with Gasteiger partial charge < -0.3 is 69.0 Å². The van der Waals surface area contributed by atoms with E-state index in [0.29, 0.717) is 5.56 Å². The van der Waals surface area contributed by atoms with E-state index in [1.807, 2.05) is 0 Å². The maximum Gasteiger partial charge on any atom is 0.229 e. The number of hydrogen-bond acceptors (Lipinski definition) is 15. The van der Waals surface area contributed by atoms with Crippen molar-refractivity contribution in [2.45, 2.75) is 55.3 Å². The molecule has 0 saturated carbocycles. The van der Waals surface area contributed by atoms with Crippen LogP contribution in [0.3, 0.4) is 0 Å². The number of phenols is 2. The van der Waals surface area contributed by atoms with Crippen LogP contribution < -0.4 is 14.9 Å². The maximum absolute atomic E-state index is 12.8. The summed E-state index contributed by atoms with van der Waals surface area (Å²) in [6, 6.07) is 7.75. The summed E-state index contributed by atoms with van der Waals surface area (Å²) in [6.45, 7) is -1.07. The number of hydrogen-bond donors (Lipinski definition) is 8. The zero-order valence-corrected chi connectivity index (χ0v) is 22.0. The molecule has 5 rings (SSSR count). The third kappa shape index (κ3) is 5.61. The Hall–Kier alpha value is -3.51. The Balaban J connectivity index is 1.37. The predicted molar refractivity (Wildman–Crippen MR) is 139 cm³/mol. The maximum atomic E-state index is 12.8. The van der Waals surface area contributed by atoms with Gasteiger partial charge in [-0.3, -0.25) is 4.79 Å². The molecule has 15 heteroatoms. The van der Waals surface area contributed by atoms with E-state index < -0.39 is 79.7 Å². The fourth-order valence-corrected chi connectivity index (χ4v) is 4.76. The van der Waals surface area contributed by atoms with Gasteiger partial charge >= 0.3 is 0 Å². The summed E-state index contributed by atoms with van der Waals surface area (Å²) in [5.74, 6) is -0.563. The number of phenolic OH excluding ortho intramolecular Hbond substituents is 2. The molecule has 1 aromatic heterocycles. The number of methoxy groups -OCH3 is 1. The molecule has 9 atom stereocenters. The zero-order valence-electron chi connectivity index (χ0n) is 22.0. The molecule has 42 heavy (non-hydrogen) atoms. The lowest BCUT2D eigenvalue weighted by molar-refractivity contribution is -0.290. The van der Waals surface area contributed by atoms with Crippen LogP contribution in [0.4, 0.5) is 0 Å². The normalized spacial score (nSPS) is 31.4. The summed E-state index contributed by atoms with van der Waals surface area (Å²) in [6.07, 6.45) is -13.5. The molecule has 2 saturated heterocycles. The lowest BCUT2D eigenvalue weighted by Gasteiger charge is -2.40. The van der Waals surface area contributed by atoms with Gasteiger partial charge in [0.2, 0.25) is 6.29 Å². The van der Waals surface area contributed by atoms with Gasteiger partial charge in [0.15, 0.2) is 23.2 Å². The van der Waals surface area contributed by atoms with Crippen molar-refractivity contribution in [1.29, 1.82) is 0 Å². The van der Waals surface area contributed by atoms with Crippen molar-refractivity contribution in [3.63, 3.8) is 0 Å². The van der Waals surface area contributed by atoms with E-state index in [1.54, 1.807) is 0 Å². The van der Waals surface area contributed by atoms with Crippen LogP contribution in [-0.4, -0.2) is 116 Å². The number of fused-ring (bicyclic) bond motifs is 1. The van der Waals surface area contributed by atoms with E-state index in [0.717, 1.165) is 12.1 Å². The highest BCUT2D eigenvalue weighted by Gasteiger charge is 2.47. The first kappa shape index (κ1) is 30.0. The smallest absolute Gasteiger partial charge is 0.229 e. The molecular formula is C27H30O15. The fraction of sp³-hybridized carbons (Fsp3) is 0.444. The first-order chi connectivity index (χ1) is 20.0. The standard InChI is InChI=1S/C27H30O15/c1-37-16-4-10(2-3-12(16)29)15-7-14(31)20-13(30)5-11(6-17(20)40-15)39-27-25(36)23(34)22(33)19(42-27)9-38-26-24(35)21(32)18(8-28)41-26/h2-7,18-19,21-30,32-36H,8-9H2,1H3/t18-,19?,21?,22+,23-,24?,25?,26+,27+/m0/s1. The Kier molecular flexibility index (Phi) is 8.56. The lowest BCUT2D eigenvalue weighted by atomic mass is 9.99. The van der Waals surface area contributed by atoms with E-state index in [1.165, 1.54) is 31.4 Å². The van der Waals surface area contributed by atoms with Gasteiger partial charge in [-0.15, -0.1) is 0 Å². The summed E-state index contributed by atoms with van der Waals surface area (Å²) < 4.78 is 32.8. The molecule has 0 bridgehead atoms. The molecule has 2 fully saturated rings. The van der Waals surface area contributed by atoms with Gasteiger partial charge in [0, 0.05) is 23.8 Å². The molecule has 0 aliphatic carbocycles. The first-order valence-electron chi connectivity index (χ1n) is 12.8. The van der Waals surface area contributed by atoms with Gasteiger partial charge in [0.25, 0.3) is 0 Å². The second-order valence-corrected chi connectivity index (χ2v) is 9.85. The fourth-order valence-electron chi connectivity index (χ4n) is 4.76. The molecule has 15 nitrogen and oxygen atoms in total. The molecule has 2 aromatic carbocycles. The second kappa shape index (κ2) is 12.0. The van der Waals surface area contributed by atoms with Crippen LogP contribution in [-0.2, 0) is 14.2 Å². The van der Waals surface area contributed by atoms with Crippen LogP contribution in [0.1, 0.15) is 0 Å². The van der Waals surface area contributed by atoms with Crippen molar-refractivity contribution in [3.8, 4) is 34.3 Å². The molecular weight excluding hydrogens is 564 g/mol. The molecule has 2 aliphatic rings. The Morgan fingerprint density at radius 1 is 0.810 bits per heavy atom. The molecule has 4 unspecified atom stereocenters. The summed E-state index contributed by atoms with van der Waals surface area (Å²) in [5.41, 5.74) is -0.304. The second-order valence-electron chi connectivity index (χ2n) is 9.85. The summed E-state index contributed by atoms with van der Waals surface area (Å²) in [7, 11) is 1.36. The highest BCUT2D eigenvalue weighted by molar-refractivity contribution is 5.86. The number of aromatic hydroxyl groups is 2. The van der Waals surface area contributed by atoms with Gasteiger partial charge in [0.05, 0.1) is 20.3 Å². The van der Waals surface area contributed by atoms with Gasteiger partial charge in [-0.2, -0.15) is 0 Å². The Morgan fingerprint density at radius 2 is 1.50 bits per heavy atom. The first-order valence-corrected chi connectivity index (χ1v) is 12.8. The molecule has 8 N–H and O–H groups in total. The van der Waals surface area contributed by atoms with Crippen LogP contribution in [0, 0.1) is 0 Å². The van der Waals surface area contributed by atoms with E-state index in [2.05, 4.69) is 0 Å². The average Bonchev–Trinajstić information content (AvgIpc) is 3.24. The number of aliphatic hydroxyl groups excluding tert-OH is 6. The lowest BCUT2D eigenvalue weighted by Crippen LogP contribution is -2.60. The predicted octanol–water partition coefficient (Wildman–Crippen LogP) is -1.48. The quantitative estimate of drug-likeness (QED) is 0.148. The highest BCUT2D eigenvalue weighted by Crippen LogP contribution is 2.35. The molecule has 2 aliphatic heterocycles. The monoisotopic (exact) mass is 594 g/mol. The van der Waals surface area contributed by atoms with Gasteiger partial charge in [-0.05, 0) is 18.2 Å². The van der Waals surface area contributed by atoms with Crippen LogP contribution >= 0.6 is 0 Å². The van der Waals surface area contributed by atoms with Gasteiger partial charge in [-0.1, -0.05) is 0 Å². The van der Waals surface area contributed by atoms with Crippen molar-refractivity contribution < 1.29 is 69.0 Å². The molecule has 0 amide bonds. The van der Waals surface area contributed by atoms with Crippen LogP contribution in [0.15, 0.2) is 45.6 Å². The zero-order chi connectivity index (χ0) is 30.3. The number of ether oxygens (including phenoxy) is 5. The third-order valence-electron chi connectivity index (χ3n) is 7.09. The van der Waals surface area contributed by atoms with Crippen LogP contribution in [0.5, 0.6) is 23.0 Å². The van der Waals surface area contributed by atoms with Gasteiger partial charge in [-0.25, -0.2) is 0 Å². The number of benzene rings is 2. The Labute approximate surface area is 236 Å². The van der Waals surface area contributed by atoms with Crippen molar-refractivity contribution in [1.82, 2.24) is 0 Å². The molecule has 3 heterocycles. The summed E-state index contributed by atoms with van der Waals surface area (Å²) in [4.78, 5) is 12.8. The Bertz CT molecular complexity index is 1470. The SMILES string of the molecule is COc1cc(-c2cc(=O)c3c(O)cc(O[C@@H]4OC(CO[C@@H]5O[C@@H](CO)C(O)C5O)[C@@H](O)[C@H](O)C4O)cc3o2)ccc1O. The molecule has 3 aromatic rings. The number of rotatable bonds is 8. The highest BCUT2D eigenvalue weighted by atomic mass is 16.7. The van der Waals surface area contributed by atoms with E-state index >= 15 is 0 Å². The molecule has 0 radical (unpaired) electrons. The molecule has 228 valence electrons. The van der Waals surface area contributed by atoms with Crippen LogP contribution in [0.25, 0.3) is 22.3 Å².